The number of hydrogen-bond donors (Lipinski definition) is 1. The average Bonchev–Trinajstić information content (AvgIpc) is 3.35. The van der Waals surface area contributed by atoms with Crippen LogP contribution in [0.25, 0.3) is 17.0 Å². The zero-order valence-electron chi connectivity index (χ0n) is 16.7. The van der Waals surface area contributed by atoms with E-state index in [4.69, 9.17) is 20.8 Å². The Bertz CT molecular complexity index is 1070. The van der Waals surface area contributed by atoms with Gasteiger partial charge in [-0.05, 0) is 18.6 Å². The second kappa shape index (κ2) is 9.98. The Labute approximate surface area is 178 Å². The number of halogens is 1. The first kappa shape index (κ1) is 21.4. The summed E-state index contributed by atoms with van der Waals surface area (Å²) >= 11 is 6.41. The lowest BCUT2D eigenvalue weighted by atomic mass is 10.1. The Morgan fingerprint density at radius 2 is 2.20 bits per heavy atom. The number of carbonyl (C=O) groups excluding carboxylic acids is 2. The number of nitrogens with zero attached hydrogens (tertiary/aromatic N) is 2. The van der Waals surface area contributed by atoms with Gasteiger partial charge in [0, 0.05) is 35.8 Å². The van der Waals surface area contributed by atoms with Crippen molar-refractivity contribution >= 4 is 40.6 Å². The van der Waals surface area contributed by atoms with Crippen molar-refractivity contribution in [1.29, 1.82) is 0 Å². The molecular formula is C21H22ClN3O5. The van der Waals surface area contributed by atoms with Crippen molar-refractivity contribution in [2.24, 2.45) is 0 Å². The molecule has 0 saturated heterocycles. The molecule has 0 spiro atoms. The number of esters is 1. The second-order valence-corrected chi connectivity index (χ2v) is 6.81. The average molecular weight is 432 g/mol. The third-order valence-corrected chi connectivity index (χ3v) is 4.60. The van der Waals surface area contributed by atoms with Gasteiger partial charge in [0.2, 0.25) is 5.89 Å². The van der Waals surface area contributed by atoms with Crippen molar-refractivity contribution in [3.8, 4) is 0 Å². The number of aromatic nitrogens is 2. The Morgan fingerprint density at radius 1 is 1.37 bits per heavy atom. The summed E-state index contributed by atoms with van der Waals surface area (Å²) in [6.45, 7) is 3.25. The summed E-state index contributed by atoms with van der Waals surface area (Å²) in [5.41, 5.74) is 1.88. The fourth-order valence-corrected chi connectivity index (χ4v) is 3.30. The van der Waals surface area contributed by atoms with Crippen LogP contribution in [0.5, 0.6) is 0 Å². The molecule has 3 rings (SSSR count). The molecule has 1 amide bonds. The van der Waals surface area contributed by atoms with Gasteiger partial charge in [-0.2, -0.15) is 0 Å². The molecule has 0 aliphatic rings. The molecule has 1 aromatic carbocycles. The van der Waals surface area contributed by atoms with Crippen LogP contribution in [-0.4, -0.2) is 35.3 Å². The van der Waals surface area contributed by atoms with E-state index in [2.05, 4.69) is 26.5 Å². The Balaban J connectivity index is 1.63. The number of fused-ring (bicyclic) bond motifs is 1. The number of aryl methyl sites for hydroxylation is 1. The number of oxazole rings is 1. The molecule has 3 aromatic rings. The number of rotatable bonds is 8. The highest BCUT2D eigenvalue weighted by Crippen LogP contribution is 2.30. The van der Waals surface area contributed by atoms with E-state index in [-0.39, 0.29) is 24.7 Å². The first-order chi connectivity index (χ1) is 14.5. The Morgan fingerprint density at radius 3 is 2.97 bits per heavy atom. The molecule has 9 heteroatoms. The van der Waals surface area contributed by atoms with Gasteiger partial charge < -0.3 is 23.8 Å². The number of hydrogen-bond acceptors (Lipinski definition) is 6. The largest absolute Gasteiger partial charge is 0.456 e. The van der Waals surface area contributed by atoms with Crippen LogP contribution in [0.1, 0.15) is 35.3 Å². The number of ether oxygens (including phenoxy) is 2. The maximum absolute atomic E-state index is 12.3. The molecule has 0 radical (unpaired) electrons. The standard InChI is InChI=1S/C21H22ClN3O5/c1-3-10-25-11-15(22)19-14(6-4-7-17(19)25)12-30-20(26)16-13-29-18(24-16)8-5-9-23-21(27)28-2/h4-8,11,13H,3,9-10,12H2,1-2H3,(H,23,27)/b8-5-. The first-order valence-electron chi connectivity index (χ1n) is 9.40. The number of methoxy groups -OCH3 is 1. The second-order valence-electron chi connectivity index (χ2n) is 6.40. The van der Waals surface area contributed by atoms with Gasteiger partial charge in [0.1, 0.15) is 12.9 Å². The monoisotopic (exact) mass is 431 g/mol. The van der Waals surface area contributed by atoms with Gasteiger partial charge in [-0.15, -0.1) is 0 Å². The zero-order valence-corrected chi connectivity index (χ0v) is 17.4. The maximum atomic E-state index is 12.3. The Kier molecular flexibility index (Phi) is 7.13. The van der Waals surface area contributed by atoms with E-state index in [0.29, 0.717) is 5.02 Å². The predicted molar refractivity (Wildman–Crippen MR) is 112 cm³/mol. The lowest BCUT2D eigenvalue weighted by Gasteiger charge is -2.07. The smallest absolute Gasteiger partial charge is 0.407 e. The summed E-state index contributed by atoms with van der Waals surface area (Å²) in [6, 6.07) is 5.78. The highest BCUT2D eigenvalue weighted by molar-refractivity contribution is 6.35. The van der Waals surface area contributed by atoms with Gasteiger partial charge in [-0.1, -0.05) is 36.7 Å². The van der Waals surface area contributed by atoms with Crippen molar-refractivity contribution in [3.63, 3.8) is 0 Å². The van der Waals surface area contributed by atoms with Crippen LogP contribution in [-0.2, 0) is 22.6 Å². The van der Waals surface area contributed by atoms with E-state index >= 15 is 0 Å². The van der Waals surface area contributed by atoms with Crippen LogP contribution in [0, 0.1) is 0 Å². The Hall–Kier alpha value is -3.26. The number of nitrogens with one attached hydrogen (secondary N) is 1. The van der Waals surface area contributed by atoms with Gasteiger partial charge in [-0.3, -0.25) is 0 Å². The highest BCUT2D eigenvalue weighted by atomic mass is 35.5. The minimum atomic E-state index is -0.604. The van der Waals surface area contributed by atoms with Crippen molar-refractivity contribution in [2.75, 3.05) is 13.7 Å². The van der Waals surface area contributed by atoms with Crippen molar-refractivity contribution in [1.82, 2.24) is 14.9 Å². The quantitative estimate of drug-likeness (QED) is 0.530. The van der Waals surface area contributed by atoms with Crippen LogP contribution in [0.4, 0.5) is 4.79 Å². The normalized spacial score (nSPS) is 11.2. The van der Waals surface area contributed by atoms with Gasteiger partial charge in [-0.25, -0.2) is 14.6 Å². The van der Waals surface area contributed by atoms with E-state index in [1.165, 1.54) is 19.4 Å². The molecule has 0 bridgehead atoms. The van der Waals surface area contributed by atoms with Crippen LogP contribution in [0.15, 0.2) is 41.2 Å². The summed E-state index contributed by atoms with van der Waals surface area (Å²) in [5, 5.41) is 3.98. The summed E-state index contributed by atoms with van der Waals surface area (Å²) < 4.78 is 17.2. The summed E-state index contributed by atoms with van der Waals surface area (Å²) in [4.78, 5) is 27.4. The van der Waals surface area contributed by atoms with Gasteiger partial charge >= 0.3 is 12.1 Å². The number of alkyl carbamates (subject to hydrolysis) is 1. The van der Waals surface area contributed by atoms with E-state index in [1.54, 1.807) is 6.08 Å². The maximum Gasteiger partial charge on any atom is 0.407 e. The number of amides is 1. The third kappa shape index (κ3) is 5.01. The van der Waals surface area contributed by atoms with Crippen LogP contribution in [0.3, 0.4) is 0 Å². The first-order valence-corrected chi connectivity index (χ1v) is 9.78. The van der Waals surface area contributed by atoms with E-state index < -0.39 is 12.1 Å². The highest BCUT2D eigenvalue weighted by Gasteiger charge is 2.16. The molecule has 0 unspecified atom stereocenters. The molecule has 2 aromatic heterocycles. The summed E-state index contributed by atoms with van der Waals surface area (Å²) in [5.74, 6) is -0.386. The minimum Gasteiger partial charge on any atom is -0.456 e. The lowest BCUT2D eigenvalue weighted by Crippen LogP contribution is -2.22. The van der Waals surface area contributed by atoms with Crippen molar-refractivity contribution < 1.29 is 23.5 Å². The topological polar surface area (TPSA) is 95.6 Å². The molecule has 8 nitrogen and oxygen atoms in total. The molecule has 0 fully saturated rings. The van der Waals surface area contributed by atoms with Crippen molar-refractivity contribution in [3.05, 3.63) is 58.9 Å². The van der Waals surface area contributed by atoms with E-state index in [0.717, 1.165) is 29.4 Å². The molecule has 30 heavy (non-hydrogen) atoms. The molecule has 1 N–H and O–H groups in total. The summed E-state index contributed by atoms with van der Waals surface area (Å²) in [7, 11) is 1.28. The number of carbonyl (C=O) groups is 2. The van der Waals surface area contributed by atoms with Crippen LogP contribution < -0.4 is 5.32 Å². The molecule has 0 aliphatic carbocycles. The molecule has 2 heterocycles. The molecule has 0 atom stereocenters. The molecule has 158 valence electrons. The van der Waals surface area contributed by atoms with Gasteiger partial charge in [0.15, 0.2) is 5.69 Å². The molecule has 0 aliphatic heterocycles. The zero-order chi connectivity index (χ0) is 21.5. The SMILES string of the molecule is CCCn1cc(Cl)c2c(COC(=O)c3coc(/C=C\CNC(=O)OC)n3)cccc21. The third-order valence-electron chi connectivity index (χ3n) is 4.31. The fraction of sp³-hybridized carbons (Fsp3) is 0.286. The van der Waals surface area contributed by atoms with Crippen LogP contribution >= 0.6 is 11.6 Å². The van der Waals surface area contributed by atoms with Crippen LogP contribution in [0.2, 0.25) is 5.02 Å². The van der Waals surface area contributed by atoms with Crippen molar-refractivity contribution in [2.45, 2.75) is 26.5 Å². The minimum absolute atomic E-state index is 0.0532. The predicted octanol–water partition coefficient (Wildman–Crippen LogP) is 4.42. The summed E-state index contributed by atoms with van der Waals surface area (Å²) in [6.07, 6.45) is 6.70. The fourth-order valence-electron chi connectivity index (χ4n) is 2.97. The lowest BCUT2D eigenvalue weighted by molar-refractivity contribution is 0.0467. The molecule has 0 saturated carbocycles. The van der Waals surface area contributed by atoms with E-state index in [1.807, 2.05) is 24.4 Å². The van der Waals surface area contributed by atoms with E-state index in [9.17, 15) is 9.59 Å². The van der Waals surface area contributed by atoms with Gasteiger partial charge in [0.05, 0.1) is 12.1 Å². The molecular weight excluding hydrogens is 410 g/mol. The van der Waals surface area contributed by atoms with Gasteiger partial charge in [0.25, 0.3) is 0 Å². The number of benzene rings is 1.